The molecule has 2 rings (SSSR count). The van der Waals surface area contributed by atoms with Crippen LogP contribution in [0.15, 0.2) is 10.3 Å². The van der Waals surface area contributed by atoms with E-state index in [9.17, 15) is 4.79 Å². The van der Waals surface area contributed by atoms with Gasteiger partial charge in [-0.05, 0) is 18.8 Å². The molecule has 0 atom stereocenters. The molecular formula is C7H10N2OS. The minimum absolute atomic E-state index is 0.0805. The van der Waals surface area contributed by atoms with Gasteiger partial charge in [-0.3, -0.25) is 4.79 Å². The average molecular weight is 170 g/mol. The lowest BCUT2D eigenvalue weighted by Gasteiger charge is -2.24. The van der Waals surface area contributed by atoms with Crippen LogP contribution in [0.5, 0.6) is 0 Å². The van der Waals surface area contributed by atoms with Crippen molar-refractivity contribution < 1.29 is 0 Å². The van der Waals surface area contributed by atoms with E-state index in [1.165, 1.54) is 30.6 Å². The summed E-state index contributed by atoms with van der Waals surface area (Å²) in [5, 5.41) is 3.96. The van der Waals surface area contributed by atoms with Gasteiger partial charge >= 0.3 is 4.87 Å². The predicted octanol–water partition coefficient (Wildman–Crippen LogP) is 1.10. The number of hydrogen-bond donors (Lipinski definition) is 0. The average Bonchev–Trinajstić information content (AvgIpc) is 2.27. The Hall–Kier alpha value is -0.640. The summed E-state index contributed by atoms with van der Waals surface area (Å²) in [6.07, 6.45) is 3.86. The van der Waals surface area contributed by atoms with Gasteiger partial charge in [0, 0.05) is 6.54 Å². The van der Waals surface area contributed by atoms with E-state index in [0.29, 0.717) is 0 Å². The molecule has 1 aromatic rings. The molecule has 1 saturated carbocycles. The van der Waals surface area contributed by atoms with Crippen LogP contribution in [0.1, 0.15) is 19.3 Å². The maximum Gasteiger partial charge on any atom is 0.324 e. The minimum Gasteiger partial charge on any atom is -0.255 e. The third-order valence-electron chi connectivity index (χ3n) is 2.21. The van der Waals surface area contributed by atoms with E-state index in [0.717, 1.165) is 12.5 Å². The Morgan fingerprint density at radius 2 is 2.55 bits per heavy atom. The first-order valence-electron chi connectivity index (χ1n) is 3.87. The summed E-state index contributed by atoms with van der Waals surface area (Å²) >= 11 is 1.18. The Kier molecular flexibility index (Phi) is 1.77. The maximum absolute atomic E-state index is 11.0. The van der Waals surface area contributed by atoms with E-state index in [2.05, 4.69) is 5.10 Å². The van der Waals surface area contributed by atoms with Gasteiger partial charge in [-0.25, -0.2) is 4.68 Å². The Morgan fingerprint density at radius 1 is 1.73 bits per heavy atom. The van der Waals surface area contributed by atoms with Gasteiger partial charge in [0.15, 0.2) is 0 Å². The van der Waals surface area contributed by atoms with Gasteiger partial charge in [-0.2, -0.15) is 5.10 Å². The minimum atomic E-state index is 0.0805. The fourth-order valence-electron chi connectivity index (χ4n) is 1.28. The Balaban J connectivity index is 2.05. The third-order valence-corrected chi connectivity index (χ3v) is 2.82. The van der Waals surface area contributed by atoms with Crippen molar-refractivity contribution >= 4 is 11.3 Å². The second-order valence-corrected chi connectivity index (χ2v) is 3.78. The van der Waals surface area contributed by atoms with Crippen LogP contribution in [0.25, 0.3) is 0 Å². The molecule has 1 fully saturated rings. The fourth-order valence-corrected chi connectivity index (χ4v) is 1.77. The molecule has 1 aliphatic rings. The van der Waals surface area contributed by atoms with Crippen LogP contribution in [0.2, 0.25) is 0 Å². The van der Waals surface area contributed by atoms with Gasteiger partial charge in [-0.1, -0.05) is 17.8 Å². The molecule has 0 saturated heterocycles. The van der Waals surface area contributed by atoms with Crippen molar-refractivity contribution in [2.45, 2.75) is 25.8 Å². The van der Waals surface area contributed by atoms with Crippen molar-refractivity contribution in [1.29, 1.82) is 0 Å². The first-order valence-corrected chi connectivity index (χ1v) is 4.75. The maximum atomic E-state index is 11.0. The summed E-state index contributed by atoms with van der Waals surface area (Å²) < 4.78 is 1.58. The van der Waals surface area contributed by atoms with Crippen molar-refractivity contribution in [2.24, 2.45) is 5.92 Å². The van der Waals surface area contributed by atoms with Crippen molar-refractivity contribution in [1.82, 2.24) is 9.78 Å². The lowest BCUT2D eigenvalue weighted by atomic mass is 9.86. The standard InChI is InChI=1S/C7H10N2OS/c10-7-9(8-5-11-7)4-6-2-1-3-6/h5-6H,1-4H2. The summed E-state index contributed by atoms with van der Waals surface area (Å²) in [6, 6.07) is 0. The molecule has 3 nitrogen and oxygen atoms in total. The third kappa shape index (κ3) is 1.35. The Labute approximate surface area is 68.7 Å². The van der Waals surface area contributed by atoms with Crippen molar-refractivity contribution in [3.8, 4) is 0 Å². The van der Waals surface area contributed by atoms with E-state index in [1.54, 1.807) is 10.2 Å². The lowest BCUT2D eigenvalue weighted by Crippen LogP contribution is -2.24. The molecule has 0 spiro atoms. The first kappa shape index (κ1) is 7.03. The fraction of sp³-hybridized carbons (Fsp3) is 0.714. The van der Waals surface area contributed by atoms with Crippen LogP contribution in [0.3, 0.4) is 0 Å². The zero-order chi connectivity index (χ0) is 7.68. The summed E-state index contributed by atoms with van der Waals surface area (Å²) in [5.74, 6) is 0.717. The normalized spacial score (nSPS) is 18.2. The summed E-state index contributed by atoms with van der Waals surface area (Å²) in [6.45, 7) is 0.836. The van der Waals surface area contributed by atoms with Gasteiger partial charge < -0.3 is 0 Å². The van der Waals surface area contributed by atoms with E-state index in [4.69, 9.17) is 0 Å². The molecule has 11 heavy (non-hydrogen) atoms. The molecule has 0 bridgehead atoms. The molecule has 4 heteroatoms. The lowest BCUT2D eigenvalue weighted by molar-refractivity contribution is 0.264. The SMILES string of the molecule is O=c1scnn1CC1CCC1. The number of hydrogen-bond acceptors (Lipinski definition) is 3. The zero-order valence-corrected chi connectivity index (χ0v) is 7.01. The number of rotatable bonds is 2. The highest BCUT2D eigenvalue weighted by Crippen LogP contribution is 2.26. The molecule has 0 radical (unpaired) electrons. The van der Waals surface area contributed by atoms with Gasteiger partial charge in [0.05, 0.1) is 0 Å². The Bertz CT molecular complexity index is 287. The highest BCUT2D eigenvalue weighted by atomic mass is 32.1. The van der Waals surface area contributed by atoms with E-state index >= 15 is 0 Å². The van der Waals surface area contributed by atoms with Crippen molar-refractivity contribution in [3.05, 3.63) is 15.2 Å². The number of aromatic nitrogens is 2. The largest absolute Gasteiger partial charge is 0.324 e. The van der Waals surface area contributed by atoms with Crippen molar-refractivity contribution in [2.75, 3.05) is 0 Å². The Morgan fingerprint density at radius 3 is 3.00 bits per heavy atom. The molecule has 0 N–H and O–H groups in total. The van der Waals surface area contributed by atoms with Gasteiger partial charge in [-0.15, -0.1) is 0 Å². The van der Waals surface area contributed by atoms with Crippen LogP contribution < -0.4 is 4.87 Å². The molecule has 0 unspecified atom stereocenters. The molecule has 0 aromatic carbocycles. The number of nitrogens with zero attached hydrogens (tertiary/aromatic N) is 2. The van der Waals surface area contributed by atoms with Gasteiger partial charge in [0.2, 0.25) is 0 Å². The molecule has 0 amide bonds. The van der Waals surface area contributed by atoms with Crippen LogP contribution in [-0.2, 0) is 6.54 Å². The van der Waals surface area contributed by atoms with E-state index < -0.39 is 0 Å². The molecule has 1 heterocycles. The quantitative estimate of drug-likeness (QED) is 0.666. The summed E-state index contributed by atoms with van der Waals surface area (Å²) in [5.41, 5.74) is 1.61. The molecular weight excluding hydrogens is 160 g/mol. The highest BCUT2D eigenvalue weighted by molar-refractivity contribution is 7.06. The first-order chi connectivity index (χ1) is 5.36. The summed E-state index contributed by atoms with van der Waals surface area (Å²) in [7, 11) is 0. The van der Waals surface area contributed by atoms with Gasteiger partial charge in [0.25, 0.3) is 0 Å². The zero-order valence-electron chi connectivity index (χ0n) is 6.19. The van der Waals surface area contributed by atoms with Crippen molar-refractivity contribution in [3.63, 3.8) is 0 Å². The highest BCUT2D eigenvalue weighted by Gasteiger charge is 2.18. The molecule has 0 aliphatic heterocycles. The second kappa shape index (κ2) is 2.77. The van der Waals surface area contributed by atoms with E-state index in [1.807, 2.05) is 0 Å². The topological polar surface area (TPSA) is 34.9 Å². The monoisotopic (exact) mass is 170 g/mol. The van der Waals surface area contributed by atoms with Crippen LogP contribution in [-0.4, -0.2) is 9.78 Å². The van der Waals surface area contributed by atoms with Gasteiger partial charge in [0.1, 0.15) is 5.51 Å². The van der Waals surface area contributed by atoms with Crippen LogP contribution >= 0.6 is 11.3 Å². The summed E-state index contributed by atoms with van der Waals surface area (Å²) in [4.78, 5) is 11.1. The smallest absolute Gasteiger partial charge is 0.255 e. The predicted molar refractivity (Wildman–Crippen MR) is 43.7 cm³/mol. The van der Waals surface area contributed by atoms with Crippen LogP contribution in [0.4, 0.5) is 0 Å². The second-order valence-electron chi connectivity index (χ2n) is 2.98. The molecule has 60 valence electrons. The molecule has 1 aliphatic carbocycles. The van der Waals surface area contributed by atoms with Crippen LogP contribution in [0, 0.1) is 5.92 Å². The molecule has 1 aromatic heterocycles. The van der Waals surface area contributed by atoms with E-state index in [-0.39, 0.29) is 4.87 Å².